The number of aryl methyl sites for hydroxylation is 3. The van der Waals surface area contributed by atoms with Gasteiger partial charge in [0.2, 0.25) is 0 Å². The maximum Gasteiger partial charge on any atom is 0.139 e. The van der Waals surface area contributed by atoms with Gasteiger partial charge in [-0.2, -0.15) is 0 Å². The minimum atomic E-state index is 1.17. The third kappa shape index (κ3) is 1.99. The Balaban J connectivity index is 1.66. The number of quaternary nitrogens is 1. The number of rotatable bonds is 2. The first-order chi connectivity index (χ1) is 9.53. The van der Waals surface area contributed by atoms with Crippen molar-refractivity contribution < 1.29 is 4.48 Å². The highest BCUT2D eigenvalue weighted by Gasteiger charge is 2.48. The summed E-state index contributed by atoms with van der Waals surface area (Å²) in [7, 11) is 0. The van der Waals surface area contributed by atoms with Crippen LogP contribution in [0.3, 0.4) is 0 Å². The summed E-state index contributed by atoms with van der Waals surface area (Å²) in [6.45, 7) is 15.1. The average Bonchev–Trinajstić information content (AvgIpc) is 2.32. The van der Waals surface area contributed by atoms with Crippen LogP contribution in [0.4, 0.5) is 0 Å². The number of hydrogen-bond acceptors (Lipinski definition) is 3. The highest BCUT2D eigenvalue weighted by Crippen LogP contribution is 2.32. The molecule has 0 radical (unpaired) electrons. The van der Waals surface area contributed by atoms with Crippen LogP contribution in [0, 0.1) is 20.8 Å². The van der Waals surface area contributed by atoms with Gasteiger partial charge in [0.25, 0.3) is 0 Å². The lowest BCUT2D eigenvalue weighted by atomic mass is 9.98. The zero-order valence-electron chi connectivity index (χ0n) is 12.9. The number of benzene rings is 1. The second kappa shape index (κ2) is 4.28. The first kappa shape index (κ1) is 12.8. The summed E-state index contributed by atoms with van der Waals surface area (Å²) in [4.78, 5) is 7.78. The van der Waals surface area contributed by atoms with Gasteiger partial charge in [0.05, 0.1) is 20.0 Å². The van der Waals surface area contributed by atoms with Crippen LogP contribution in [0.5, 0.6) is 0 Å². The number of nitrogens with zero attached hydrogens (tertiary/aromatic N) is 4. The molecule has 4 saturated heterocycles. The second-order valence-electron chi connectivity index (χ2n) is 7.24. The maximum atomic E-state index is 2.59. The van der Waals surface area contributed by atoms with Crippen molar-refractivity contribution in [3.8, 4) is 0 Å². The van der Waals surface area contributed by atoms with E-state index in [1.807, 2.05) is 0 Å². The van der Waals surface area contributed by atoms with Crippen molar-refractivity contribution in [2.75, 3.05) is 40.0 Å². The van der Waals surface area contributed by atoms with E-state index in [1.54, 1.807) is 5.56 Å². The van der Waals surface area contributed by atoms with Crippen LogP contribution in [0.15, 0.2) is 12.1 Å². The molecule has 0 amide bonds. The summed E-state index contributed by atoms with van der Waals surface area (Å²) in [5.74, 6) is 0. The van der Waals surface area contributed by atoms with Gasteiger partial charge in [-0.05, 0) is 31.9 Å². The molecule has 4 bridgehead atoms. The van der Waals surface area contributed by atoms with Gasteiger partial charge in [0, 0.05) is 5.56 Å². The van der Waals surface area contributed by atoms with Crippen molar-refractivity contribution in [1.29, 1.82) is 0 Å². The molecule has 0 aliphatic carbocycles. The number of hydrogen-bond donors (Lipinski definition) is 0. The van der Waals surface area contributed by atoms with Gasteiger partial charge in [0.1, 0.15) is 26.6 Å². The molecule has 4 aliphatic heterocycles. The Bertz CT molecular complexity index is 493. The van der Waals surface area contributed by atoms with Crippen LogP contribution in [0.25, 0.3) is 0 Å². The molecule has 1 aromatic carbocycles. The zero-order valence-corrected chi connectivity index (χ0v) is 12.9. The summed E-state index contributed by atoms with van der Waals surface area (Å²) in [5.41, 5.74) is 5.90. The van der Waals surface area contributed by atoms with Crippen molar-refractivity contribution in [1.82, 2.24) is 14.7 Å². The molecular weight excluding hydrogens is 248 g/mol. The molecule has 5 rings (SSSR count). The predicted octanol–water partition coefficient (Wildman–Crippen LogP) is 1.62. The molecule has 108 valence electrons. The fraction of sp³-hybridized carbons (Fsp3) is 0.625. The topological polar surface area (TPSA) is 9.72 Å². The molecule has 4 heterocycles. The monoisotopic (exact) mass is 273 g/mol. The Morgan fingerprint density at radius 3 is 1.75 bits per heavy atom. The lowest BCUT2D eigenvalue weighted by molar-refractivity contribution is -0.991. The minimum absolute atomic E-state index is 1.17. The fourth-order valence-corrected chi connectivity index (χ4v) is 4.60. The smallest absolute Gasteiger partial charge is 0.139 e. The Labute approximate surface area is 121 Å². The lowest BCUT2D eigenvalue weighted by Crippen LogP contribution is -2.78. The van der Waals surface area contributed by atoms with E-state index in [1.165, 1.54) is 67.7 Å². The van der Waals surface area contributed by atoms with Gasteiger partial charge >= 0.3 is 0 Å². The predicted molar refractivity (Wildman–Crippen MR) is 79.3 cm³/mol. The van der Waals surface area contributed by atoms with E-state index in [2.05, 4.69) is 47.6 Å². The third-order valence-corrected chi connectivity index (χ3v) is 5.03. The average molecular weight is 273 g/mol. The summed E-state index contributed by atoms with van der Waals surface area (Å²) >= 11 is 0. The Morgan fingerprint density at radius 1 is 0.850 bits per heavy atom. The molecule has 4 aliphatic rings. The summed E-state index contributed by atoms with van der Waals surface area (Å²) < 4.78 is 1.20. The molecule has 1 aromatic rings. The molecule has 0 atom stereocenters. The van der Waals surface area contributed by atoms with Crippen LogP contribution in [0.2, 0.25) is 0 Å². The third-order valence-electron chi connectivity index (χ3n) is 5.03. The molecule has 0 unspecified atom stereocenters. The van der Waals surface area contributed by atoms with Crippen molar-refractivity contribution >= 4 is 0 Å². The van der Waals surface area contributed by atoms with E-state index in [-0.39, 0.29) is 0 Å². The van der Waals surface area contributed by atoms with E-state index >= 15 is 0 Å². The van der Waals surface area contributed by atoms with Gasteiger partial charge in [-0.1, -0.05) is 17.7 Å². The quantitative estimate of drug-likeness (QED) is 0.758. The first-order valence-corrected chi connectivity index (χ1v) is 7.62. The largest absolute Gasteiger partial charge is 0.282 e. The maximum absolute atomic E-state index is 2.59. The standard InChI is InChI=1S/C16H25N4/c1-13-4-14(2)16(15(3)5-13)6-20-10-17-7-18(11-20)9-19(8-17)12-20/h4-5H,6-12H2,1-3H3/q+1. The molecule has 0 saturated carbocycles. The van der Waals surface area contributed by atoms with Gasteiger partial charge in [-0.3, -0.25) is 4.48 Å². The van der Waals surface area contributed by atoms with Crippen molar-refractivity contribution in [2.24, 2.45) is 0 Å². The van der Waals surface area contributed by atoms with Crippen LogP contribution < -0.4 is 0 Å². The van der Waals surface area contributed by atoms with Crippen LogP contribution in [-0.2, 0) is 6.54 Å². The Kier molecular flexibility index (Phi) is 2.73. The van der Waals surface area contributed by atoms with Gasteiger partial charge in [-0.15, -0.1) is 0 Å². The van der Waals surface area contributed by atoms with Crippen molar-refractivity contribution in [2.45, 2.75) is 27.3 Å². The van der Waals surface area contributed by atoms with Crippen LogP contribution in [0.1, 0.15) is 22.3 Å². The Morgan fingerprint density at radius 2 is 1.30 bits per heavy atom. The lowest BCUT2D eigenvalue weighted by Gasteiger charge is -2.60. The highest BCUT2D eigenvalue weighted by atomic mass is 15.7. The SMILES string of the molecule is Cc1cc(C)c(C[N+]23CN4CN(CN(C4)C2)C3)c(C)c1. The van der Waals surface area contributed by atoms with Gasteiger partial charge in [-0.25, -0.2) is 14.7 Å². The minimum Gasteiger partial charge on any atom is -0.282 e. The Hall–Kier alpha value is -0.940. The molecule has 20 heavy (non-hydrogen) atoms. The van der Waals surface area contributed by atoms with Crippen molar-refractivity contribution in [3.05, 3.63) is 34.4 Å². The summed E-state index contributed by atoms with van der Waals surface area (Å²) in [6.07, 6.45) is 0. The summed E-state index contributed by atoms with van der Waals surface area (Å²) in [6, 6.07) is 4.68. The molecule has 0 aromatic heterocycles. The molecule has 4 nitrogen and oxygen atoms in total. The van der Waals surface area contributed by atoms with E-state index in [0.717, 1.165) is 0 Å². The van der Waals surface area contributed by atoms with Crippen molar-refractivity contribution in [3.63, 3.8) is 0 Å². The van der Waals surface area contributed by atoms with E-state index in [4.69, 9.17) is 0 Å². The zero-order chi connectivity index (χ0) is 13.9. The molecular formula is C16H25N4+. The van der Waals surface area contributed by atoms with E-state index < -0.39 is 0 Å². The molecule has 4 heteroatoms. The summed E-state index contributed by atoms with van der Waals surface area (Å²) in [5, 5.41) is 0. The first-order valence-electron chi connectivity index (χ1n) is 7.62. The molecule has 4 fully saturated rings. The highest BCUT2D eigenvalue weighted by molar-refractivity contribution is 5.36. The van der Waals surface area contributed by atoms with Crippen LogP contribution >= 0.6 is 0 Å². The van der Waals surface area contributed by atoms with Crippen LogP contribution in [-0.4, -0.2) is 59.2 Å². The van der Waals surface area contributed by atoms with Gasteiger partial charge in [0.15, 0.2) is 0 Å². The van der Waals surface area contributed by atoms with E-state index in [9.17, 15) is 0 Å². The van der Waals surface area contributed by atoms with Gasteiger partial charge < -0.3 is 0 Å². The molecule has 0 N–H and O–H groups in total. The normalized spacial score (nSPS) is 38.5. The molecule has 0 spiro atoms. The van der Waals surface area contributed by atoms with E-state index in [0.29, 0.717) is 0 Å². The second-order valence-corrected chi connectivity index (χ2v) is 7.24. The fourth-order valence-electron chi connectivity index (χ4n) is 4.60.